The van der Waals surface area contributed by atoms with E-state index in [4.69, 9.17) is 33.7 Å². The van der Waals surface area contributed by atoms with Gasteiger partial charge in [0.25, 0.3) is 11.6 Å². The standard InChI is InChI=1S/C15H11Cl2N3O5/c16-10-2-1-3-12(14(10)17)19-13(21)7-25-15(22)9-5-4-8(20(23)24)6-11(9)18/h1-6H,7,18H2,(H,19,21). The van der Waals surface area contributed by atoms with Crippen molar-refractivity contribution >= 4 is 52.1 Å². The number of amides is 1. The van der Waals surface area contributed by atoms with Gasteiger partial charge in [-0.3, -0.25) is 14.9 Å². The predicted molar refractivity (Wildman–Crippen MR) is 92.9 cm³/mol. The summed E-state index contributed by atoms with van der Waals surface area (Å²) in [7, 11) is 0. The average molecular weight is 384 g/mol. The fourth-order valence-electron chi connectivity index (χ4n) is 1.85. The number of ether oxygens (including phenoxy) is 1. The maximum atomic E-state index is 11.9. The van der Waals surface area contributed by atoms with Crippen molar-refractivity contribution in [3.05, 3.63) is 62.1 Å². The fraction of sp³-hybridized carbons (Fsp3) is 0.0667. The van der Waals surface area contributed by atoms with Gasteiger partial charge in [0.2, 0.25) is 0 Å². The van der Waals surface area contributed by atoms with Crippen molar-refractivity contribution in [1.82, 2.24) is 0 Å². The normalized spacial score (nSPS) is 10.2. The lowest BCUT2D eigenvalue weighted by atomic mass is 10.1. The molecule has 130 valence electrons. The Morgan fingerprint density at radius 2 is 1.96 bits per heavy atom. The van der Waals surface area contributed by atoms with Crippen molar-refractivity contribution in [1.29, 1.82) is 0 Å². The molecule has 0 aliphatic carbocycles. The van der Waals surface area contributed by atoms with Gasteiger partial charge in [0.15, 0.2) is 6.61 Å². The molecule has 25 heavy (non-hydrogen) atoms. The van der Waals surface area contributed by atoms with Crippen molar-refractivity contribution in [3.63, 3.8) is 0 Å². The highest BCUT2D eigenvalue weighted by Crippen LogP contribution is 2.29. The van der Waals surface area contributed by atoms with Crippen LogP contribution in [-0.2, 0) is 9.53 Å². The highest BCUT2D eigenvalue weighted by Gasteiger charge is 2.17. The van der Waals surface area contributed by atoms with E-state index in [0.717, 1.165) is 18.2 Å². The zero-order chi connectivity index (χ0) is 18.6. The van der Waals surface area contributed by atoms with E-state index in [1.807, 2.05) is 0 Å². The van der Waals surface area contributed by atoms with Gasteiger partial charge in [0.1, 0.15) is 0 Å². The summed E-state index contributed by atoms with van der Waals surface area (Å²) in [5.41, 5.74) is 5.38. The van der Waals surface area contributed by atoms with Crippen LogP contribution in [0.25, 0.3) is 0 Å². The lowest BCUT2D eigenvalue weighted by molar-refractivity contribution is -0.384. The minimum Gasteiger partial charge on any atom is -0.452 e. The van der Waals surface area contributed by atoms with Crippen LogP contribution < -0.4 is 11.1 Å². The summed E-state index contributed by atoms with van der Waals surface area (Å²) in [6, 6.07) is 7.97. The van der Waals surface area contributed by atoms with Crippen molar-refractivity contribution in [3.8, 4) is 0 Å². The molecule has 0 aliphatic rings. The van der Waals surface area contributed by atoms with Crippen LogP contribution >= 0.6 is 23.2 Å². The van der Waals surface area contributed by atoms with E-state index < -0.39 is 23.4 Å². The lowest BCUT2D eigenvalue weighted by Gasteiger charge is -2.09. The number of nitrogens with one attached hydrogen (secondary N) is 1. The third kappa shape index (κ3) is 4.59. The second kappa shape index (κ2) is 7.82. The zero-order valence-corrected chi connectivity index (χ0v) is 14.0. The molecule has 0 heterocycles. The number of nitrogens with zero attached hydrogens (tertiary/aromatic N) is 1. The number of hydrogen-bond donors (Lipinski definition) is 2. The smallest absolute Gasteiger partial charge is 0.340 e. The molecule has 1 amide bonds. The molecule has 2 aromatic carbocycles. The molecular weight excluding hydrogens is 373 g/mol. The third-order valence-electron chi connectivity index (χ3n) is 3.03. The maximum absolute atomic E-state index is 11.9. The van der Waals surface area contributed by atoms with E-state index in [1.54, 1.807) is 12.1 Å². The number of nitro groups is 1. The third-order valence-corrected chi connectivity index (χ3v) is 3.84. The van der Waals surface area contributed by atoms with E-state index in [0.29, 0.717) is 0 Å². The molecule has 0 bridgehead atoms. The molecule has 0 aliphatic heterocycles. The number of nitrogens with two attached hydrogens (primary N) is 1. The Balaban J connectivity index is 1.99. The molecule has 10 heteroatoms. The van der Waals surface area contributed by atoms with Crippen LogP contribution in [0.1, 0.15) is 10.4 Å². The zero-order valence-electron chi connectivity index (χ0n) is 12.5. The van der Waals surface area contributed by atoms with Crippen molar-refractivity contribution < 1.29 is 19.2 Å². The summed E-state index contributed by atoms with van der Waals surface area (Å²) in [6.45, 7) is -0.599. The highest BCUT2D eigenvalue weighted by atomic mass is 35.5. The second-order valence-corrected chi connectivity index (χ2v) is 5.54. The summed E-state index contributed by atoms with van der Waals surface area (Å²) in [6.07, 6.45) is 0. The van der Waals surface area contributed by atoms with Gasteiger partial charge >= 0.3 is 5.97 Å². The number of carbonyl (C=O) groups excluding carboxylic acids is 2. The van der Waals surface area contributed by atoms with E-state index in [9.17, 15) is 19.7 Å². The van der Waals surface area contributed by atoms with Crippen LogP contribution in [0.2, 0.25) is 10.0 Å². The fourth-order valence-corrected chi connectivity index (χ4v) is 2.19. The molecule has 0 atom stereocenters. The van der Waals surface area contributed by atoms with Crippen LogP contribution in [0, 0.1) is 10.1 Å². The molecule has 2 aromatic rings. The molecule has 0 radical (unpaired) electrons. The molecule has 0 saturated carbocycles. The van der Waals surface area contributed by atoms with Gasteiger partial charge in [-0.15, -0.1) is 0 Å². The number of anilines is 2. The first-order chi connectivity index (χ1) is 11.8. The van der Waals surface area contributed by atoms with Crippen LogP contribution in [0.5, 0.6) is 0 Å². The SMILES string of the molecule is Nc1cc([N+](=O)[O-])ccc1C(=O)OCC(=O)Nc1cccc(Cl)c1Cl. The first kappa shape index (κ1) is 18.5. The topological polar surface area (TPSA) is 125 Å². The summed E-state index contributed by atoms with van der Waals surface area (Å²) in [4.78, 5) is 33.7. The Hall–Kier alpha value is -2.84. The summed E-state index contributed by atoms with van der Waals surface area (Å²) in [5.74, 6) is -1.53. The van der Waals surface area contributed by atoms with Gasteiger partial charge in [-0.1, -0.05) is 29.3 Å². The molecule has 0 fully saturated rings. The van der Waals surface area contributed by atoms with Crippen molar-refractivity contribution in [2.24, 2.45) is 0 Å². The van der Waals surface area contributed by atoms with Gasteiger partial charge in [0, 0.05) is 12.1 Å². The van der Waals surface area contributed by atoms with Crippen LogP contribution in [0.4, 0.5) is 17.1 Å². The molecular formula is C15H11Cl2N3O5. The summed E-state index contributed by atoms with van der Waals surface area (Å²) < 4.78 is 4.84. The number of rotatable bonds is 5. The van der Waals surface area contributed by atoms with Crippen LogP contribution in [0.15, 0.2) is 36.4 Å². The van der Waals surface area contributed by atoms with E-state index in [1.165, 1.54) is 6.07 Å². The van der Waals surface area contributed by atoms with Crippen LogP contribution in [0.3, 0.4) is 0 Å². The average Bonchev–Trinajstić information content (AvgIpc) is 2.56. The number of halogens is 2. The lowest BCUT2D eigenvalue weighted by Crippen LogP contribution is -2.21. The Bertz CT molecular complexity index is 857. The monoisotopic (exact) mass is 383 g/mol. The number of non-ortho nitro benzene ring substituents is 1. The molecule has 2 rings (SSSR count). The summed E-state index contributed by atoms with van der Waals surface area (Å²) >= 11 is 11.8. The quantitative estimate of drug-likeness (QED) is 0.353. The first-order valence-electron chi connectivity index (χ1n) is 6.74. The van der Waals surface area contributed by atoms with Crippen molar-refractivity contribution in [2.45, 2.75) is 0 Å². The van der Waals surface area contributed by atoms with Gasteiger partial charge in [-0.25, -0.2) is 4.79 Å². The van der Waals surface area contributed by atoms with Gasteiger partial charge in [-0.05, 0) is 18.2 Å². The number of esters is 1. The minimum atomic E-state index is -0.889. The number of benzene rings is 2. The molecule has 0 spiro atoms. The van der Waals surface area contributed by atoms with Crippen LogP contribution in [-0.4, -0.2) is 23.4 Å². The van der Waals surface area contributed by atoms with Crippen molar-refractivity contribution in [2.75, 3.05) is 17.7 Å². The van der Waals surface area contributed by atoms with Gasteiger partial charge < -0.3 is 15.8 Å². The molecule has 0 saturated heterocycles. The summed E-state index contributed by atoms with van der Waals surface area (Å²) in [5, 5.41) is 13.5. The van der Waals surface area contributed by atoms with E-state index >= 15 is 0 Å². The second-order valence-electron chi connectivity index (χ2n) is 4.75. The largest absolute Gasteiger partial charge is 0.452 e. The molecule has 0 aromatic heterocycles. The van der Waals surface area contributed by atoms with Gasteiger partial charge in [0.05, 0.1) is 31.9 Å². The molecule has 3 N–H and O–H groups in total. The van der Waals surface area contributed by atoms with E-state index in [-0.39, 0.29) is 32.7 Å². The Kier molecular flexibility index (Phi) is 5.79. The predicted octanol–water partition coefficient (Wildman–Crippen LogP) is 3.28. The van der Waals surface area contributed by atoms with E-state index in [2.05, 4.69) is 5.32 Å². The Labute approximate surface area is 151 Å². The highest BCUT2D eigenvalue weighted by molar-refractivity contribution is 6.44. The number of carbonyl (C=O) groups is 2. The molecule has 0 unspecified atom stereocenters. The molecule has 8 nitrogen and oxygen atoms in total. The number of nitro benzene ring substituents is 1. The minimum absolute atomic E-state index is 0.0841. The Morgan fingerprint density at radius 3 is 2.60 bits per heavy atom. The Morgan fingerprint density at radius 1 is 1.24 bits per heavy atom. The van der Waals surface area contributed by atoms with Gasteiger partial charge in [-0.2, -0.15) is 0 Å². The first-order valence-corrected chi connectivity index (χ1v) is 7.50. The number of nitrogen functional groups attached to an aromatic ring is 1. The maximum Gasteiger partial charge on any atom is 0.340 e. The number of hydrogen-bond acceptors (Lipinski definition) is 6.